The standard InChI is InChI=1S/C14H23NO2S/c1-11(2)15-9-13-3-4-14(18-13)10-17-12-5-7-16-8-6-12/h3-4,11-12,15H,5-10H2,1-2H3. The van der Waals surface area contributed by atoms with E-state index in [9.17, 15) is 0 Å². The normalized spacial score (nSPS) is 17.5. The third kappa shape index (κ3) is 4.69. The Kier molecular flexibility index (Phi) is 5.63. The molecule has 0 atom stereocenters. The number of rotatable bonds is 6. The average molecular weight is 269 g/mol. The zero-order valence-corrected chi connectivity index (χ0v) is 12.1. The van der Waals surface area contributed by atoms with Crippen molar-refractivity contribution in [1.82, 2.24) is 5.32 Å². The zero-order valence-electron chi connectivity index (χ0n) is 11.3. The molecular formula is C14H23NO2S. The number of nitrogens with one attached hydrogen (secondary N) is 1. The second-order valence-electron chi connectivity index (χ2n) is 5.03. The molecule has 0 aliphatic carbocycles. The fourth-order valence-corrected chi connectivity index (χ4v) is 2.83. The van der Waals surface area contributed by atoms with Gasteiger partial charge in [0.25, 0.3) is 0 Å². The van der Waals surface area contributed by atoms with E-state index < -0.39 is 0 Å². The lowest BCUT2D eigenvalue weighted by Crippen LogP contribution is -2.23. The van der Waals surface area contributed by atoms with E-state index in [0.29, 0.717) is 12.1 Å². The summed E-state index contributed by atoms with van der Waals surface area (Å²) in [6.07, 6.45) is 2.46. The van der Waals surface area contributed by atoms with Gasteiger partial charge in [-0.05, 0) is 25.0 Å². The first kappa shape index (κ1) is 14.0. The molecule has 1 aliphatic rings. The van der Waals surface area contributed by atoms with Gasteiger partial charge in [-0.15, -0.1) is 11.3 Å². The molecule has 0 amide bonds. The smallest absolute Gasteiger partial charge is 0.0813 e. The number of ether oxygens (including phenoxy) is 2. The maximum atomic E-state index is 5.92. The molecule has 0 spiro atoms. The van der Waals surface area contributed by atoms with Crippen molar-refractivity contribution < 1.29 is 9.47 Å². The molecule has 0 saturated carbocycles. The van der Waals surface area contributed by atoms with Crippen molar-refractivity contribution in [3.05, 3.63) is 21.9 Å². The lowest BCUT2D eigenvalue weighted by Gasteiger charge is -2.21. The summed E-state index contributed by atoms with van der Waals surface area (Å²) in [5, 5.41) is 3.43. The van der Waals surface area contributed by atoms with Gasteiger partial charge in [-0.2, -0.15) is 0 Å². The molecule has 1 saturated heterocycles. The lowest BCUT2D eigenvalue weighted by molar-refractivity contribution is -0.0383. The van der Waals surface area contributed by atoms with Crippen LogP contribution in [0.1, 0.15) is 36.4 Å². The zero-order chi connectivity index (χ0) is 12.8. The van der Waals surface area contributed by atoms with E-state index in [1.165, 1.54) is 9.75 Å². The van der Waals surface area contributed by atoms with Crippen molar-refractivity contribution in [3.8, 4) is 0 Å². The number of hydrogen-bond acceptors (Lipinski definition) is 4. The average Bonchev–Trinajstić information content (AvgIpc) is 2.83. The summed E-state index contributed by atoms with van der Waals surface area (Å²) in [5.41, 5.74) is 0. The molecule has 0 unspecified atom stereocenters. The Morgan fingerprint density at radius 3 is 2.78 bits per heavy atom. The topological polar surface area (TPSA) is 30.5 Å². The van der Waals surface area contributed by atoms with Gasteiger partial charge in [-0.3, -0.25) is 0 Å². The van der Waals surface area contributed by atoms with Crippen LogP contribution in [0.25, 0.3) is 0 Å². The van der Waals surface area contributed by atoms with E-state index in [2.05, 4.69) is 31.3 Å². The molecule has 1 fully saturated rings. The van der Waals surface area contributed by atoms with Crippen molar-refractivity contribution in [2.45, 2.75) is 52.0 Å². The van der Waals surface area contributed by atoms with Crippen LogP contribution in [-0.4, -0.2) is 25.4 Å². The summed E-state index contributed by atoms with van der Waals surface area (Å²) in [6.45, 7) is 7.74. The summed E-state index contributed by atoms with van der Waals surface area (Å²) in [5.74, 6) is 0. The Morgan fingerprint density at radius 2 is 2.06 bits per heavy atom. The first-order valence-electron chi connectivity index (χ1n) is 6.74. The van der Waals surface area contributed by atoms with Gasteiger partial charge in [0.05, 0.1) is 12.7 Å². The van der Waals surface area contributed by atoms with E-state index in [4.69, 9.17) is 9.47 Å². The molecular weight excluding hydrogens is 246 g/mol. The molecule has 0 radical (unpaired) electrons. The minimum absolute atomic E-state index is 0.387. The fourth-order valence-electron chi connectivity index (χ4n) is 1.94. The van der Waals surface area contributed by atoms with E-state index >= 15 is 0 Å². The SMILES string of the molecule is CC(C)NCc1ccc(COC2CCOCC2)s1. The highest BCUT2D eigenvalue weighted by atomic mass is 32.1. The Morgan fingerprint density at radius 1 is 1.33 bits per heavy atom. The Hall–Kier alpha value is -0.420. The Bertz CT molecular complexity index is 345. The second kappa shape index (κ2) is 7.24. The molecule has 2 heterocycles. The molecule has 0 aromatic carbocycles. The van der Waals surface area contributed by atoms with E-state index in [1.54, 1.807) is 0 Å². The molecule has 1 aromatic rings. The van der Waals surface area contributed by atoms with Crippen molar-refractivity contribution >= 4 is 11.3 Å². The van der Waals surface area contributed by atoms with E-state index in [-0.39, 0.29) is 0 Å². The van der Waals surface area contributed by atoms with Gasteiger partial charge in [0.1, 0.15) is 0 Å². The van der Waals surface area contributed by atoms with Gasteiger partial charge in [-0.1, -0.05) is 13.8 Å². The third-order valence-corrected chi connectivity index (χ3v) is 4.09. The van der Waals surface area contributed by atoms with Crippen molar-refractivity contribution in [2.24, 2.45) is 0 Å². The molecule has 4 heteroatoms. The largest absolute Gasteiger partial charge is 0.381 e. The number of thiophene rings is 1. The minimum Gasteiger partial charge on any atom is -0.381 e. The van der Waals surface area contributed by atoms with Crippen molar-refractivity contribution in [2.75, 3.05) is 13.2 Å². The quantitative estimate of drug-likeness (QED) is 0.861. The first-order valence-corrected chi connectivity index (χ1v) is 7.56. The van der Waals surface area contributed by atoms with Crippen molar-refractivity contribution in [1.29, 1.82) is 0 Å². The third-order valence-electron chi connectivity index (χ3n) is 3.03. The van der Waals surface area contributed by atoms with Gasteiger partial charge >= 0.3 is 0 Å². The summed E-state index contributed by atoms with van der Waals surface area (Å²) >= 11 is 1.84. The molecule has 1 aliphatic heterocycles. The summed E-state index contributed by atoms with van der Waals surface area (Å²) in [7, 11) is 0. The maximum absolute atomic E-state index is 5.92. The fraction of sp³-hybridized carbons (Fsp3) is 0.714. The highest BCUT2D eigenvalue weighted by Gasteiger charge is 2.14. The molecule has 2 rings (SSSR count). The van der Waals surface area contributed by atoms with Crippen LogP contribution in [-0.2, 0) is 22.6 Å². The molecule has 102 valence electrons. The summed E-state index contributed by atoms with van der Waals surface area (Å²) in [6, 6.07) is 4.92. The molecule has 1 N–H and O–H groups in total. The number of hydrogen-bond donors (Lipinski definition) is 1. The van der Waals surface area contributed by atoms with E-state index in [0.717, 1.165) is 39.2 Å². The molecule has 0 bridgehead atoms. The van der Waals surface area contributed by atoms with Crippen LogP contribution in [0.5, 0.6) is 0 Å². The highest BCUT2D eigenvalue weighted by molar-refractivity contribution is 7.11. The maximum Gasteiger partial charge on any atom is 0.0813 e. The summed E-state index contributed by atoms with van der Waals surface area (Å²) < 4.78 is 11.2. The second-order valence-corrected chi connectivity index (χ2v) is 6.28. The Balaban J connectivity index is 1.72. The molecule has 18 heavy (non-hydrogen) atoms. The minimum atomic E-state index is 0.387. The predicted molar refractivity (Wildman–Crippen MR) is 74.9 cm³/mol. The predicted octanol–water partition coefficient (Wildman–Crippen LogP) is 2.94. The van der Waals surface area contributed by atoms with Crippen LogP contribution in [0.3, 0.4) is 0 Å². The van der Waals surface area contributed by atoms with Crippen LogP contribution in [0.2, 0.25) is 0 Å². The highest BCUT2D eigenvalue weighted by Crippen LogP contribution is 2.20. The van der Waals surface area contributed by atoms with Gasteiger partial charge in [0, 0.05) is 35.6 Å². The van der Waals surface area contributed by atoms with Crippen LogP contribution < -0.4 is 5.32 Å². The Labute approximate surface area is 113 Å². The van der Waals surface area contributed by atoms with E-state index in [1.807, 2.05) is 11.3 Å². The van der Waals surface area contributed by atoms with Gasteiger partial charge in [0.2, 0.25) is 0 Å². The molecule has 1 aromatic heterocycles. The van der Waals surface area contributed by atoms with Crippen LogP contribution in [0.15, 0.2) is 12.1 Å². The van der Waals surface area contributed by atoms with Crippen LogP contribution in [0, 0.1) is 0 Å². The van der Waals surface area contributed by atoms with Gasteiger partial charge in [-0.25, -0.2) is 0 Å². The summed E-state index contributed by atoms with van der Waals surface area (Å²) in [4.78, 5) is 2.70. The van der Waals surface area contributed by atoms with Gasteiger partial charge in [0.15, 0.2) is 0 Å². The van der Waals surface area contributed by atoms with Gasteiger partial charge < -0.3 is 14.8 Å². The van der Waals surface area contributed by atoms with Crippen LogP contribution in [0.4, 0.5) is 0 Å². The first-order chi connectivity index (χ1) is 8.74. The van der Waals surface area contributed by atoms with Crippen LogP contribution >= 0.6 is 11.3 Å². The lowest BCUT2D eigenvalue weighted by atomic mass is 10.1. The monoisotopic (exact) mass is 269 g/mol. The molecule has 3 nitrogen and oxygen atoms in total. The van der Waals surface area contributed by atoms with Crippen molar-refractivity contribution in [3.63, 3.8) is 0 Å².